The lowest BCUT2D eigenvalue weighted by Gasteiger charge is -2.25. The molecular weight excluding hydrogens is 250 g/mol. The number of nitrogens with zero attached hydrogens (tertiary/aromatic N) is 3. The lowest BCUT2D eigenvalue weighted by atomic mass is 10.1. The molecule has 106 valence electrons. The normalized spacial score (nSPS) is 23.2. The van der Waals surface area contributed by atoms with Crippen molar-refractivity contribution in [2.45, 2.75) is 31.9 Å². The van der Waals surface area contributed by atoms with Crippen LogP contribution in [0.5, 0.6) is 0 Å². The van der Waals surface area contributed by atoms with E-state index in [9.17, 15) is 5.26 Å². The van der Waals surface area contributed by atoms with Crippen LogP contribution in [-0.4, -0.2) is 42.2 Å². The van der Waals surface area contributed by atoms with Crippen LogP contribution in [-0.2, 0) is 6.61 Å². The van der Waals surface area contributed by atoms with Crippen molar-refractivity contribution in [2.75, 3.05) is 31.1 Å². The van der Waals surface area contributed by atoms with E-state index in [1.807, 2.05) is 12.1 Å². The standard InChI is InChI=1S/C16H21N3O/c17-10-14-9-13(12-20)3-4-16(14)19-8-5-15(11-19)18-6-1-2-7-18/h3-4,9,15,20H,1-2,5-8,11-12H2. The molecule has 1 N–H and O–H groups in total. The van der Waals surface area contributed by atoms with Crippen molar-refractivity contribution in [1.82, 2.24) is 4.90 Å². The molecule has 0 saturated carbocycles. The summed E-state index contributed by atoms with van der Waals surface area (Å²) in [5.41, 5.74) is 2.51. The van der Waals surface area contributed by atoms with E-state index in [0.717, 1.165) is 24.3 Å². The van der Waals surface area contributed by atoms with Crippen molar-refractivity contribution in [3.8, 4) is 6.07 Å². The Morgan fingerprint density at radius 2 is 2.05 bits per heavy atom. The molecule has 0 aromatic heterocycles. The van der Waals surface area contributed by atoms with Gasteiger partial charge < -0.3 is 10.0 Å². The Labute approximate surface area is 120 Å². The number of nitriles is 1. The molecule has 2 aliphatic rings. The van der Waals surface area contributed by atoms with Gasteiger partial charge in [0.05, 0.1) is 17.9 Å². The molecule has 0 spiro atoms. The summed E-state index contributed by atoms with van der Waals surface area (Å²) in [7, 11) is 0. The number of aliphatic hydroxyl groups excluding tert-OH is 1. The summed E-state index contributed by atoms with van der Waals surface area (Å²) in [4.78, 5) is 4.91. The highest BCUT2D eigenvalue weighted by atomic mass is 16.3. The molecule has 2 heterocycles. The SMILES string of the molecule is N#Cc1cc(CO)ccc1N1CCC(N2CCCC2)C1. The van der Waals surface area contributed by atoms with E-state index >= 15 is 0 Å². The minimum absolute atomic E-state index is 0.00857. The van der Waals surface area contributed by atoms with Crippen LogP contribution in [0, 0.1) is 11.3 Å². The van der Waals surface area contributed by atoms with E-state index in [1.165, 1.54) is 32.4 Å². The number of aliphatic hydroxyl groups is 1. The fourth-order valence-electron chi connectivity index (χ4n) is 3.41. The Morgan fingerprint density at radius 1 is 1.25 bits per heavy atom. The van der Waals surface area contributed by atoms with Gasteiger partial charge in [0.1, 0.15) is 6.07 Å². The highest BCUT2D eigenvalue weighted by Crippen LogP contribution is 2.28. The molecule has 2 aliphatic heterocycles. The van der Waals surface area contributed by atoms with Gasteiger partial charge in [0.25, 0.3) is 0 Å². The van der Waals surface area contributed by atoms with Crippen LogP contribution in [0.4, 0.5) is 5.69 Å². The van der Waals surface area contributed by atoms with Gasteiger partial charge in [-0.25, -0.2) is 0 Å². The van der Waals surface area contributed by atoms with Gasteiger partial charge in [-0.1, -0.05) is 6.07 Å². The maximum absolute atomic E-state index is 9.31. The molecule has 4 heteroatoms. The molecule has 1 atom stereocenters. The molecule has 1 aromatic rings. The quantitative estimate of drug-likeness (QED) is 0.909. The average molecular weight is 271 g/mol. The largest absolute Gasteiger partial charge is 0.392 e. The zero-order valence-corrected chi connectivity index (χ0v) is 11.8. The summed E-state index contributed by atoms with van der Waals surface area (Å²) in [6.07, 6.45) is 3.84. The summed E-state index contributed by atoms with van der Waals surface area (Å²) < 4.78 is 0. The zero-order valence-electron chi connectivity index (χ0n) is 11.8. The molecule has 3 rings (SSSR count). The maximum Gasteiger partial charge on any atom is 0.101 e. The summed E-state index contributed by atoms with van der Waals surface area (Å²) in [6, 6.07) is 8.61. The Balaban J connectivity index is 1.75. The second-order valence-corrected chi connectivity index (χ2v) is 5.75. The monoisotopic (exact) mass is 271 g/mol. The number of hydrogen-bond acceptors (Lipinski definition) is 4. The fraction of sp³-hybridized carbons (Fsp3) is 0.562. The third kappa shape index (κ3) is 2.52. The molecule has 0 bridgehead atoms. The van der Waals surface area contributed by atoms with Crippen molar-refractivity contribution in [3.05, 3.63) is 29.3 Å². The Bertz CT molecular complexity index is 517. The van der Waals surface area contributed by atoms with Gasteiger partial charge in [0.2, 0.25) is 0 Å². The second-order valence-electron chi connectivity index (χ2n) is 5.75. The second kappa shape index (κ2) is 5.82. The van der Waals surface area contributed by atoms with Gasteiger partial charge in [-0.3, -0.25) is 4.90 Å². The molecule has 0 amide bonds. The Morgan fingerprint density at radius 3 is 2.75 bits per heavy atom. The van der Waals surface area contributed by atoms with E-state index in [1.54, 1.807) is 6.07 Å². The third-order valence-electron chi connectivity index (χ3n) is 4.53. The van der Waals surface area contributed by atoms with E-state index in [-0.39, 0.29) is 6.61 Å². The first-order valence-corrected chi connectivity index (χ1v) is 7.44. The van der Waals surface area contributed by atoms with Gasteiger partial charge >= 0.3 is 0 Å². The Kier molecular flexibility index (Phi) is 3.90. The number of rotatable bonds is 3. The first-order valence-electron chi connectivity index (χ1n) is 7.44. The number of anilines is 1. The van der Waals surface area contributed by atoms with Crippen LogP contribution in [0.2, 0.25) is 0 Å². The van der Waals surface area contributed by atoms with Gasteiger partial charge in [0.15, 0.2) is 0 Å². The predicted octanol–water partition coefficient (Wildman–Crippen LogP) is 1.73. The van der Waals surface area contributed by atoms with Gasteiger partial charge in [0, 0.05) is 19.1 Å². The predicted molar refractivity (Wildman–Crippen MR) is 78.5 cm³/mol. The molecule has 20 heavy (non-hydrogen) atoms. The van der Waals surface area contributed by atoms with E-state index in [2.05, 4.69) is 15.9 Å². The van der Waals surface area contributed by atoms with Crippen molar-refractivity contribution in [3.63, 3.8) is 0 Å². The Hall–Kier alpha value is -1.57. The van der Waals surface area contributed by atoms with Gasteiger partial charge in [-0.15, -0.1) is 0 Å². The highest BCUT2D eigenvalue weighted by Gasteiger charge is 2.30. The smallest absolute Gasteiger partial charge is 0.101 e. The van der Waals surface area contributed by atoms with Crippen molar-refractivity contribution in [1.29, 1.82) is 5.26 Å². The first kappa shape index (κ1) is 13.4. The summed E-state index contributed by atoms with van der Waals surface area (Å²) in [5.74, 6) is 0. The lowest BCUT2D eigenvalue weighted by molar-refractivity contribution is 0.260. The average Bonchev–Trinajstić information content (AvgIpc) is 3.17. The highest BCUT2D eigenvalue weighted by molar-refractivity contribution is 5.61. The summed E-state index contributed by atoms with van der Waals surface area (Å²) in [5, 5.41) is 18.5. The zero-order chi connectivity index (χ0) is 13.9. The van der Waals surface area contributed by atoms with Crippen molar-refractivity contribution in [2.24, 2.45) is 0 Å². The molecule has 1 aromatic carbocycles. The van der Waals surface area contributed by atoms with Gasteiger partial charge in [-0.2, -0.15) is 5.26 Å². The fourth-order valence-corrected chi connectivity index (χ4v) is 3.41. The van der Waals surface area contributed by atoms with Crippen LogP contribution in [0.3, 0.4) is 0 Å². The molecule has 0 aliphatic carbocycles. The number of hydrogen-bond donors (Lipinski definition) is 1. The molecule has 4 nitrogen and oxygen atoms in total. The summed E-state index contributed by atoms with van der Waals surface area (Å²) >= 11 is 0. The molecule has 2 saturated heterocycles. The number of likely N-dealkylation sites (tertiary alicyclic amines) is 1. The molecule has 1 unspecified atom stereocenters. The maximum atomic E-state index is 9.31. The molecule has 2 fully saturated rings. The molecular formula is C16H21N3O. The number of benzene rings is 1. The first-order chi connectivity index (χ1) is 9.81. The third-order valence-corrected chi connectivity index (χ3v) is 4.53. The van der Waals surface area contributed by atoms with Crippen LogP contribution in [0.15, 0.2) is 18.2 Å². The van der Waals surface area contributed by atoms with Crippen LogP contribution < -0.4 is 4.90 Å². The van der Waals surface area contributed by atoms with Crippen molar-refractivity contribution < 1.29 is 5.11 Å². The van der Waals surface area contributed by atoms with Crippen LogP contribution in [0.1, 0.15) is 30.4 Å². The summed E-state index contributed by atoms with van der Waals surface area (Å²) in [6.45, 7) is 4.49. The van der Waals surface area contributed by atoms with Gasteiger partial charge in [-0.05, 0) is 50.0 Å². The van der Waals surface area contributed by atoms with Crippen molar-refractivity contribution >= 4 is 5.69 Å². The van der Waals surface area contributed by atoms with E-state index in [0.29, 0.717) is 11.6 Å². The van der Waals surface area contributed by atoms with Crippen LogP contribution in [0.25, 0.3) is 0 Å². The molecule has 0 radical (unpaired) electrons. The lowest BCUT2D eigenvalue weighted by Crippen LogP contribution is -2.35. The minimum Gasteiger partial charge on any atom is -0.392 e. The van der Waals surface area contributed by atoms with E-state index in [4.69, 9.17) is 5.11 Å². The van der Waals surface area contributed by atoms with E-state index < -0.39 is 0 Å². The van der Waals surface area contributed by atoms with Crippen LogP contribution >= 0.6 is 0 Å². The topological polar surface area (TPSA) is 50.5 Å². The minimum atomic E-state index is -0.00857.